The van der Waals surface area contributed by atoms with Gasteiger partial charge >= 0.3 is 0 Å². The van der Waals surface area contributed by atoms with Crippen LogP contribution in [0.5, 0.6) is 0 Å². The highest BCUT2D eigenvalue weighted by molar-refractivity contribution is 14.1. The fourth-order valence-electron chi connectivity index (χ4n) is 2.44. The zero-order chi connectivity index (χ0) is 13.8. The van der Waals surface area contributed by atoms with Crippen molar-refractivity contribution in [2.45, 2.75) is 92.8 Å². The fourth-order valence-corrected chi connectivity index (χ4v) is 3.76. The third-order valence-electron chi connectivity index (χ3n) is 3.79. The van der Waals surface area contributed by atoms with Crippen molar-refractivity contribution >= 4 is 45.2 Å². The molecule has 0 saturated carbocycles. The van der Waals surface area contributed by atoms with Crippen LogP contribution in [0.25, 0.3) is 0 Å². The first-order chi connectivity index (χ1) is 8.60. The molecule has 3 unspecified atom stereocenters. The summed E-state index contributed by atoms with van der Waals surface area (Å²) in [6.07, 6.45) is 14.3. The average molecular weight is 478 g/mol. The molecule has 0 aliphatic rings. The third kappa shape index (κ3) is 12.5. The van der Waals surface area contributed by atoms with E-state index in [0.29, 0.717) is 0 Å². The summed E-state index contributed by atoms with van der Waals surface area (Å²) in [6, 6.07) is 0. The third-order valence-corrected chi connectivity index (χ3v) is 5.66. The van der Waals surface area contributed by atoms with Gasteiger partial charge in [-0.25, -0.2) is 0 Å². The van der Waals surface area contributed by atoms with E-state index in [9.17, 15) is 0 Å². The standard InChI is InChI=1S/C16H32I2/c1-4-6-10-15(5-2)11-8-13-16(18)12-7-9-14(3)17/h14-16H,4-13H2,1-3H3. The van der Waals surface area contributed by atoms with Gasteiger partial charge in [0.05, 0.1) is 0 Å². The molecule has 0 aliphatic carbocycles. The Labute approximate surface area is 143 Å². The molecule has 0 saturated heterocycles. The quantitative estimate of drug-likeness (QED) is 0.206. The molecule has 0 aromatic carbocycles. The number of unbranched alkanes of at least 4 members (excludes halogenated alkanes) is 1. The Hall–Kier alpha value is 1.46. The summed E-state index contributed by atoms with van der Waals surface area (Å²) in [4.78, 5) is 0. The zero-order valence-corrected chi connectivity index (χ0v) is 16.9. The van der Waals surface area contributed by atoms with Crippen LogP contribution in [0.3, 0.4) is 0 Å². The van der Waals surface area contributed by atoms with Crippen molar-refractivity contribution in [3.8, 4) is 0 Å². The summed E-state index contributed by atoms with van der Waals surface area (Å²) in [5.74, 6) is 1.00. The summed E-state index contributed by atoms with van der Waals surface area (Å²) in [6.45, 7) is 6.99. The number of hydrogen-bond donors (Lipinski definition) is 0. The molecular formula is C16H32I2. The van der Waals surface area contributed by atoms with Crippen LogP contribution >= 0.6 is 45.2 Å². The predicted octanol–water partition coefficient (Wildman–Crippen LogP) is 7.17. The van der Waals surface area contributed by atoms with Gasteiger partial charge in [-0.15, -0.1) is 0 Å². The number of rotatable bonds is 12. The van der Waals surface area contributed by atoms with Crippen molar-refractivity contribution in [1.82, 2.24) is 0 Å². The molecule has 2 heteroatoms. The molecule has 0 rings (SSSR count). The van der Waals surface area contributed by atoms with E-state index < -0.39 is 0 Å². The van der Waals surface area contributed by atoms with Crippen molar-refractivity contribution in [2.24, 2.45) is 5.92 Å². The minimum absolute atomic E-state index is 0.852. The summed E-state index contributed by atoms with van der Waals surface area (Å²) < 4.78 is 1.77. The zero-order valence-electron chi connectivity index (χ0n) is 12.6. The van der Waals surface area contributed by atoms with Gasteiger partial charge in [0.15, 0.2) is 0 Å². The lowest BCUT2D eigenvalue weighted by molar-refractivity contribution is 0.402. The largest absolute Gasteiger partial charge is 0.0829 e. The van der Waals surface area contributed by atoms with Crippen molar-refractivity contribution in [1.29, 1.82) is 0 Å². The van der Waals surface area contributed by atoms with Gasteiger partial charge in [-0.2, -0.15) is 0 Å². The van der Waals surface area contributed by atoms with E-state index in [4.69, 9.17) is 0 Å². The molecule has 0 fully saturated rings. The minimum atomic E-state index is 0.852. The molecule has 0 aromatic heterocycles. The second-order valence-corrected chi connectivity index (χ2v) is 9.54. The van der Waals surface area contributed by atoms with Gasteiger partial charge in [0.1, 0.15) is 0 Å². The Morgan fingerprint density at radius 2 is 1.33 bits per heavy atom. The van der Waals surface area contributed by atoms with Crippen LogP contribution in [0.2, 0.25) is 0 Å². The van der Waals surface area contributed by atoms with Crippen molar-refractivity contribution < 1.29 is 0 Å². The normalized spacial score (nSPS) is 16.5. The van der Waals surface area contributed by atoms with Gasteiger partial charge < -0.3 is 0 Å². The number of alkyl halides is 2. The molecule has 110 valence electrons. The molecule has 0 spiro atoms. The lowest BCUT2D eigenvalue weighted by Crippen LogP contribution is -2.03. The molecule has 0 radical (unpaired) electrons. The predicted molar refractivity (Wildman–Crippen MR) is 102 cm³/mol. The van der Waals surface area contributed by atoms with Crippen LogP contribution in [0.15, 0.2) is 0 Å². The topological polar surface area (TPSA) is 0 Å². The van der Waals surface area contributed by atoms with Gasteiger partial charge in [0.2, 0.25) is 0 Å². The minimum Gasteiger partial charge on any atom is -0.0829 e. The maximum atomic E-state index is 2.67. The second-order valence-electron chi connectivity index (χ2n) is 5.66. The Balaban J connectivity index is 3.49. The Bertz CT molecular complexity index is 168. The first-order valence-electron chi connectivity index (χ1n) is 7.88. The van der Waals surface area contributed by atoms with E-state index in [1.54, 1.807) is 0 Å². The maximum absolute atomic E-state index is 2.67. The molecule has 0 heterocycles. The second kappa shape index (κ2) is 13.4. The molecular weight excluding hydrogens is 446 g/mol. The van der Waals surface area contributed by atoms with Crippen LogP contribution in [-0.2, 0) is 0 Å². The van der Waals surface area contributed by atoms with E-state index in [2.05, 4.69) is 66.0 Å². The van der Waals surface area contributed by atoms with Crippen molar-refractivity contribution in [3.63, 3.8) is 0 Å². The summed E-state index contributed by atoms with van der Waals surface area (Å²) >= 11 is 5.22. The van der Waals surface area contributed by atoms with Crippen LogP contribution in [0.1, 0.15) is 85.0 Å². The van der Waals surface area contributed by atoms with E-state index in [1.165, 1.54) is 64.2 Å². The highest BCUT2D eigenvalue weighted by Gasteiger charge is 2.09. The molecule has 0 N–H and O–H groups in total. The first-order valence-corrected chi connectivity index (χ1v) is 10.4. The van der Waals surface area contributed by atoms with Gasteiger partial charge in [-0.1, -0.05) is 111 Å². The Morgan fingerprint density at radius 1 is 0.778 bits per heavy atom. The van der Waals surface area contributed by atoms with E-state index in [0.717, 1.165) is 13.8 Å². The summed E-state index contributed by atoms with van der Waals surface area (Å²) in [5, 5.41) is 0. The highest BCUT2D eigenvalue weighted by atomic mass is 127. The van der Waals surface area contributed by atoms with E-state index in [1.807, 2.05) is 0 Å². The Morgan fingerprint density at radius 3 is 1.83 bits per heavy atom. The molecule has 0 amide bonds. The molecule has 0 aliphatic heterocycles. The molecule has 0 aromatic rings. The highest BCUT2D eigenvalue weighted by Crippen LogP contribution is 2.24. The van der Waals surface area contributed by atoms with Crippen molar-refractivity contribution in [2.75, 3.05) is 0 Å². The molecule has 3 atom stereocenters. The Kier molecular flexibility index (Phi) is 14.5. The van der Waals surface area contributed by atoms with Crippen LogP contribution in [0.4, 0.5) is 0 Å². The molecule has 0 bridgehead atoms. The number of halogens is 2. The number of hydrogen-bond acceptors (Lipinski definition) is 0. The maximum Gasteiger partial charge on any atom is 0.0110 e. The fraction of sp³-hybridized carbons (Fsp3) is 1.00. The SMILES string of the molecule is CCCCC(CC)CCCC(I)CCCC(C)I. The summed E-state index contributed by atoms with van der Waals surface area (Å²) in [7, 11) is 0. The van der Waals surface area contributed by atoms with Crippen molar-refractivity contribution in [3.05, 3.63) is 0 Å². The van der Waals surface area contributed by atoms with Crippen LogP contribution < -0.4 is 0 Å². The van der Waals surface area contributed by atoms with Gasteiger partial charge in [-0.3, -0.25) is 0 Å². The lowest BCUT2D eigenvalue weighted by Gasteiger charge is -2.16. The van der Waals surface area contributed by atoms with E-state index >= 15 is 0 Å². The molecule has 0 nitrogen and oxygen atoms in total. The monoisotopic (exact) mass is 478 g/mol. The van der Waals surface area contributed by atoms with Crippen LogP contribution in [0, 0.1) is 5.92 Å². The first kappa shape index (κ1) is 19.5. The summed E-state index contributed by atoms with van der Waals surface area (Å²) in [5.41, 5.74) is 0. The lowest BCUT2D eigenvalue weighted by atomic mass is 9.93. The average Bonchev–Trinajstić information content (AvgIpc) is 2.33. The van der Waals surface area contributed by atoms with Gasteiger partial charge in [-0.05, 0) is 25.2 Å². The van der Waals surface area contributed by atoms with Gasteiger partial charge in [0.25, 0.3) is 0 Å². The van der Waals surface area contributed by atoms with Crippen LogP contribution in [-0.4, -0.2) is 7.85 Å². The van der Waals surface area contributed by atoms with Gasteiger partial charge in [0, 0.05) is 7.85 Å². The van der Waals surface area contributed by atoms with E-state index in [-0.39, 0.29) is 0 Å². The smallest absolute Gasteiger partial charge is 0.0110 e. The molecule has 18 heavy (non-hydrogen) atoms.